The third-order valence-electron chi connectivity index (χ3n) is 3.62. The Labute approximate surface area is 178 Å². The van der Waals surface area contributed by atoms with E-state index in [1.165, 1.54) is 30.3 Å². The van der Waals surface area contributed by atoms with Gasteiger partial charge in [0.2, 0.25) is 0 Å². The molecule has 0 spiro atoms. The quantitative estimate of drug-likeness (QED) is 0.318. The number of nitrogens with zero attached hydrogens (tertiary/aromatic N) is 2. The molecule has 1 fully saturated rings. The molecular formula is C17H9Cl2N3O4S2. The third kappa shape index (κ3) is 4.17. The van der Waals surface area contributed by atoms with Gasteiger partial charge in [0.25, 0.3) is 17.5 Å². The van der Waals surface area contributed by atoms with Gasteiger partial charge in [-0.1, -0.05) is 41.0 Å². The van der Waals surface area contributed by atoms with Crippen LogP contribution in [0.15, 0.2) is 47.4 Å². The molecule has 142 valence electrons. The van der Waals surface area contributed by atoms with Gasteiger partial charge in [0.1, 0.15) is 0 Å². The highest BCUT2D eigenvalue weighted by atomic mass is 35.5. The number of benzene rings is 2. The molecule has 0 unspecified atom stereocenters. The summed E-state index contributed by atoms with van der Waals surface area (Å²) in [6.45, 7) is 0. The number of carbonyl (C=O) groups is 2. The Hall–Kier alpha value is -2.46. The van der Waals surface area contributed by atoms with E-state index in [0.29, 0.717) is 15.6 Å². The molecular weight excluding hydrogens is 445 g/mol. The van der Waals surface area contributed by atoms with E-state index in [0.717, 1.165) is 16.8 Å². The highest BCUT2D eigenvalue weighted by Gasteiger charge is 2.34. The number of hydrazine groups is 1. The van der Waals surface area contributed by atoms with Crippen molar-refractivity contribution < 1.29 is 14.5 Å². The van der Waals surface area contributed by atoms with Crippen molar-refractivity contribution in [2.45, 2.75) is 0 Å². The van der Waals surface area contributed by atoms with E-state index in [9.17, 15) is 19.7 Å². The fourth-order valence-electron chi connectivity index (χ4n) is 2.24. The molecule has 28 heavy (non-hydrogen) atoms. The summed E-state index contributed by atoms with van der Waals surface area (Å²) < 4.78 is 0.120. The van der Waals surface area contributed by atoms with Crippen LogP contribution < -0.4 is 5.43 Å². The Morgan fingerprint density at radius 2 is 1.79 bits per heavy atom. The summed E-state index contributed by atoms with van der Waals surface area (Å²) in [6, 6.07) is 9.90. The van der Waals surface area contributed by atoms with Crippen LogP contribution in [0.2, 0.25) is 10.0 Å². The first kappa shape index (κ1) is 20.3. The number of thiocarbonyl (C=S) groups is 1. The van der Waals surface area contributed by atoms with Crippen LogP contribution in [0.5, 0.6) is 0 Å². The molecule has 0 atom stereocenters. The summed E-state index contributed by atoms with van der Waals surface area (Å²) in [4.78, 5) is 35.3. The van der Waals surface area contributed by atoms with Gasteiger partial charge in [-0.3, -0.25) is 25.1 Å². The molecule has 1 N–H and O–H groups in total. The number of non-ortho nitro benzene ring substituents is 1. The lowest BCUT2D eigenvalue weighted by Crippen LogP contribution is -2.44. The fourth-order valence-corrected chi connectivity index (χ4v) is 3.91. The van der Waals surface area contributed by atoms with Gasteiger partial charge in [-0.25, -0.2) is 0 Å². The zero-order valence-electron chi connectivity index (χ0n) is 13.7. The number of carbonyl (C=O) groups excluding carboxylic acids is 2. The zero-order valence-corrected chi connectivity index (χ0v) is 16.9. The second kappa shape index (κ2) is 8.27. The molecule has 0 saturated carbocycles. The van der Waals surface area contributed by atoms with Gasteiger partial charge < -0.3 is 0 Å². The Morgan fingerprint density at radius 3 is 2.36 bits per heavy atom. The van der Waals surface area contributed by atoms with Crippen molar-refractivity contribution in [1.82, 2.24) is 10.4 Å². The number of rotatable bonds is 4. The molecule has 1 aliphatic rings. The summed E-state index contributed by atoms with van der Waals surface area (Å²) >= 11 is 18.4. The van der Waals surface area contributed by atoms with E-state index in [1.54, 1.807) is 18.2 Å². The van der Waals surface area contributed by atoms with Crippen LogP contribution in [0.4, 0.5) is 5.69 Å². The van der Waals surface area contributed by atoms with Crippen molar-refractivity contribution in [3.8, 4) is 0 Å². The van der Waals surface area contributed by atoms with Crippen LogP contribution in [0.3, 0.4) is 0 Å². The Balaban J connectivity index is 1.79. The number of halogens is 2. The second-order valence-electron chi connectivity index (χ2n) is 5.40. The molecule has 1 saturated heterocycles. The first-order valence-corrected chi connectivity index (χ1v) is 9.53. The number of amides is 2. The van der Waals surface area contributed by atoms with Crippen LogP contribution in [-0.2, 0) is 4.79 Å². The Kier molecular flexibility index (Phi) is 5.99. The maximum absolute atomic E-state index is 12.6. The SMILES string of the molecule is O=C(NN1C(=O)/C(=C\c2c(Cl)cccc2Cl)SC1=S)c1ccc([N+](=O)[O-])cc1. The summed E-state index contributed by atoms with van der Waals surface area (Å²) in [5, 5.41) is 12.4. The molecule has 2 amide bonds. The topological polar surface area (TPSA) is 92.6 Å². The number of nitrogens with one attached hydrogen (secondary N) is 1. The van der Waals surface area contributed by atoms with Crippen molar-refractivity contribution in [2.75, 3.05) is 0 Å². The number of nitro benzene ring substituents is 1. The molecule has 2 aromatic carbocycles. The molecule has 1 aliphatic heterocycles. The first-order chi connectivity index (χ1) is 13.3. The largest absolute Gasteiger partial charge is 0.285 e. The lowest BCUT2D eigenvalue weighted by molar-refractivity contribution is -0.384. The van der Waals surface area contributed by atoms with Crippen LogP contribution in [-0.4, -0.2) is 26.1 Å². The van der Waals surface area contributed by atoms with Crippen molar-refractivity contribution >= 4 is 75.1 Å². The minimum absolute atomic E-state index is 0.120. The number of nitro groups is 1. The molecule has 0 aliphatic carbocycles. The van der Waals surface area contributed by atoms with Crippen molar-refractivity contribution in [1.29, 1.82) is 0 Å². The van der Waals surface area contributed by atoms with E-state index < -0.39 is 16.7 Å². The zero-order chi connectivity index (χ0) is 20.4. The molecule has 0 bridgehead atoms. The van der Waals surface area contributed by atoms with Crippen LogP contribution in [0, 0.1) is 10.1 Å². The van der Waals surface area contributed by atoms with Crippen LogP contribution in [0.1, 0.15) is 15.9 Å². The monoisotopic (exact) mass is 453 g/mol. The smallest absolute Gasteiger partial charge is 0.267 e. The average Bonchev–Trinajstić information content (AvgIpc) is 2.92. The number of hydrogen-bond acceptors (Lipinski definition) is 6. The van der Waals surface area contributed by atoms with Crippen LogP contribution in [0.25, 0.3) is 6.08 Å². The van der Waals surface area contributed by atoms with Gasteiger partial charge in [0.15, 0.2) is 4.32 Å². The van der Waals surface area contributed by atoms with Crippen molar-refractivity contribution in [3.05, 3.63) is 78.7 Å². The normalized spacial score (nSPS) is 15.2. The number of hydrogen-bond donors (Lipinski definition) is 1. The Bertz CT molecular complexity index is 1020. The summed E-state index contributed by atoms with van der Waals surface area (Å²) in [6.07, 6.45) is 1.50. The average molecular weight is 454 g/mol. The second-order valence-corrected chi connectivity index (χ2v) is 7.89. The molecule has 11 heteroatoms. The maximum atomic E-state index is 12.6. The Morgan fingerprint density at radius 1 is 1.18 bits per heavy atom. The lowest BCUT2D eigenvalue weighted by Gasteiger charge is -2.15. The van der Waals surface area contributed by atoms with E-state index in [1.807, 2.05) is 0 Å². The standard InChI is InChI=1S/C17H9Cl2N3O4S2/c18-12-2-1-3-13(19)11(12)8-14-16(24)21(17(27)28-14)20-15(23)9-4-6-10(7-5-9)22(25)26/h1-8H,(H,20,23)/b14-8+. The highest BCUT2D eigenvalue weighted by molar-refractivity contribution is 8.26. The van der Waals surface area contributed by atoms with Gasteiger partial charge >= 0.3 is 0 Å². The molecule has 7 nitrogen and oxygen atoms in total. The molecule has 2 aromatic rings. The minimum atomic E-state index is -0.636. The van der Waals surface area contributed by atoms with Crippen molar-refractivity contribution in [2.24, 2.45) is 0 Å². The van der Waals surface area contributed by atoms with Gasteiger partial charge in [-0.2, -0.15) is 5.01 Å². The summed E-state index contributed by atoms with van der Waals surface area (Å²) in [5.41, 5.74) is 2.85. The minimum Gasteiger partial charge on any atom is -0.267 e. The van der Waals surface area contributed by atoms with Gasteiger partial charge in [-0.05, 0) is 42.6 Å². The summed E-state index contributed by atoms with van der Waals surface area (Å²) in [7, 11) is 0. The fraction of sp³-hybridized carbons (Fsp3) is 0. The van der Waals surface area contributed by atoms with Crippen molar-refractivity contribution in [3.63, 3.8) is 0 Å². The lowest BCUT2D eigenvalue weighted by atomic mass is 10.2. The van der Waals surface area contributed by atoms with E-state index in [2.05, 4.69) is 5.43 Å². The van der Waals surface area contributed by atoms with Gasteiger partial charge in [0.05, 0.1) is 9.83 Å². The molecule has 0 aromatic heterocycles. The van der Waals surface area contributed by atoms with Crippen LogP contribution >= 0.6 is 47.2 Å². The maximum Gasteiger partial charge on any atom is 0.285 e. The molecule has 1 heterocycles. The first-order valence-electron chi connectivity index (χ1n) is 7.55. The van der Waals surface area contributed by atoms with E-state index >= 15 is 0 Å². The predicted molar refractivity (Wildman–Crippen MR) is 112 cm³/mol. The predicted octanol–water partition coefficient (Wildman–Crippen LogP) is 4.45. The molecule has 3 rings (SSSR count). The van der Waals surface area contributed by atoms with Gasteiger partial charge in [0, 0.05) is 33.3 Å². The highest BCUT2D eigenvalue weighted by Crippen LogP contribution is 2.35. The van der Waals surface area contributed by atoms with E-state index in [-0.39, 0.29) is 20.5 Å². The third-order valence-corrected chi connectivity index (χ3v) is 5.58. The summed E-state index contributed by atoms with van der Waals surface area (Å²) in [5.74, 6) is -1.18. The van der Waals surface area contributed by atoms with E-state index in [4.69, 9.17) is 35.4 Å². The van der Waals surface area contributed by atoms with Gasteiger partial charge in [-0.15, -0.1) is 0 Å². The number of thioether (sulfide) groups is 1. The molecule has 0 radical (unpaired) electrons.